The first-order chi connectivity index (χ1) is 11.5. The van der Waals surface area contributed by atoms with Crippen LogP contribution in [0.1, 0.15) is 25.3 Å². The maximum atomic E-state index is 11.5. The van der Waals surface area contributed by atoms with E-state index >= 15 is 0 Å². The number of aliphatic hydroxyl groups is 1. The van der Waals surface area contributed by atoms with Gasteiger partial charge in [-0.3, -0.25) is 0 Å². The van der Waals surface area contributed by atoms with E-state index in [9.17, 15) is 9.90 Å². The maximum absolute atomic E-state index is 11.5. The van der Waals surface area contributed by atoms with Gasteiger partial charge in [-0.25, -0.2) is 4.79 Å². The molecule has 1 aliphatic heterocycles. The molecule has 2 heterocycles. The minimum atomic E-state index is -0.495. The predicted molar refractivity (Wildman–Crippen MR) is 92.7 cm³/mol. The molecule has 3 rings (SSSR count). The molecule has 1 aliphatic rings. The van der Waals surface area contributed by atoms with Gasteiger partial charge in [0.2, 0.25) is 0 Å². The van der Waals surface area contributed by atoms with Crippen molar-refractivity contribution in [2.75, 3.05) is 26.2 Å². The Hall–Kier alpha value is -1.85. The molecule has 1 saturated heterocycles. The molecule has 2 N–H and O–H groups in total. The molecule has 0 amide bonds. The lowest BCUT2D eigenvalue weighted by Gasteiger charge is -2.29. The number of hydrogen-bond donors (Lipinski definition) is 2. The number of ether oxygens (including phenoxy) is 1. The largest absolute Gasteiger partial charge is 0.491 e. The van der Waals surface area contributed by atoms with Gasteiger partial charge in [-0.1, -0.05) is 6.92 Å². The Labute approximate surface area is 141 Å². The number of piperidine rings is 1. The van der Waals surface area contributed by atoms with Gasteiger partial charge in [-0.2, -0.15) is 0 Å². The second kappa shape index (κ2) is 7.36. The third-order valence-corrected chi connectivity index (χ3v) is 4.75. The van der Waals surface area contributed by atoms with Crippen molar-refractivity contribution in [3.05, 3.63) is 40.2 Å². The van der Waals surface area contributed by atoms with Gasteiger partial charge in [0.05, 0.1) is 13.1 Å². The van der Waals surface area contributed by atoms with Crippen molar-refractivity contribution in [3.8, 4) is 5.75 Å². The summed E-state index contributed by atoms with van der Waals surface area (Å²) >= 11 is 0. The highest BCUT2D eigenvalue weighted by Gasteiger charge is 2.22. The first-order valence-electron chi connectivity index (χ1n) is 8.70. The summed E-state index contributed by atoms with van der Waals surface area (Å²) in [6.45, 7) is 7.36. The maximum Gasteiger partial charge on any atom is 0.336 e. The van der Waals surface area contributed by atoms with Gasteiger partial charge in [-0.05, 0) is 37.5 Å². The molecule has 24 heavy (non-hydrogen) atoms. The van der Waals surface area contributed by atoms with Crippen molar-refractivity contribution in [3.63, 3.8) is 0 Å². The fourth-order valence-corrected chi connectivity index (χ4v) is 3.56. The molecule has 0 saturated carbocycles. The highest BCUT2D eigenvalue weighted by atomic mass is 16.5. The van der Waals surface area contributed by atoms with Crippen LogP contribution in [0.5, 0.6) is 5.75 Å². The van der Waals surface area contributed by atoms with Crippen LogP contribution in [0.25, 0.3) is 11.0 Å². The van der Waals surface area contributed by atoms with E-state index in [4.69, 9.17) is 9.15 Å². The number of fused-ring (bicyclic) bond motifs is 1. The van der Waals surface area contributed by atoms with E-state index in [0.29, 0.717) is 17.9 Å². The van der Waals surface area contributed by atoms with Crippen molar-refractivity contribution in [1.82, 2.24) is 0 Å². The topological polar surface area (TPSA) is 64.1 Å². The van der Waals surface area contributed by atoms with Crippen LogP contribution in [0.3, 0.4) is 0 Å². The Morgan fingerprint density at radius 1 is 1.42 bits per heavy atom. The second-order valence-corrected chi connectivity index (χ2v) is 7.03. The van der Waals surface area contributed by atoms with Crippen LogP contribution in [-0.4, -0.2) is 37.5 Å². The van der Waals surface area contributed by atoms with Crippen LogP contribution < -0.4 is 15.3 Å². The van der Waals surface area contributed by atoms with Crippen LogP contribution in [0.4, 0.5) is 0 Å². The van der Waals surface area contributed by atoms with Crippen molar-refractivity contribution in [2.24, 2.45) is 5.92 Å². The number of likely N-dealkylation sites (tertiary alicyclic amines) is 1. The lowest BCUT2D eigenvalue weighted by Crippen LogP contribution is -3.14. The molecule has 5 nitrogen and oxygen atoms in total. The summed E-state index contributed by atoms with van der Waals surface area (Å²) < 4.78 is 10.9. The van der Waals surface area contributed by atoms with Crippen LogP contribution in [0.2, 0.25) is 0 Å². The van der Waals surface area contributed by atoms with E-state index in [-0.39, 0.29) is 12.2 Å². The van der Waals surface area contributed by atoms with E-state index < -0.39 is 6.10 Å². The summed E-state index contributed by atoms with van der Waals surface area (Å²) in [7, 11) is 0. The van der Waals surface area contributed by atoms with Crippen molar-refractivity contribution in [1.29, 1.82) is 0 Å². The Balaban J connectivity index is 1.59. The normalized spacial score (nSPS) is 22.5. The minimum Gasteiger partial charge on any atom is -0.491 e. The first-order valence-corrected chi connectivity index (χ1v) is 8.70. The second-order valence-electron chi connectivity index (χ2n) is 7.03. The van der Waals surface area contributed by atoms with Crippen molar-refractivity contribution < 1.29 is 19.2 Å². The Morgan fingerprint density at radius 2 is 2.25 bits per heavy atom. The smallest absolute Gasteiger partial charge is 0.336 e. The molecule has 0 radical (unpaired) electrons. The Morgan fingerprint density at radius 3 is 3.04 bits per heavy atom. The minimum absolute atomic E-state index is 0.249. The standard InChI is InChI=1S/C19H25NO4/c1-13-4-3-7-20(10-13)11-15(21)12-23-16-5-6-17-14(2)8-19(22)24-18(17)9-16/h5-6,8-9,13,15,21H,3-4,7,10-12H2,1-2H3/p+1. The monoisotopic (exact) mass is 332 g/mol. The number of aliphatic hydroxyl groups excluding tert-OH is 1. The van der Waals surface area contributed by atoms with Crippen LogP contribution >= 0.6 is 0 Å². The molecule has 0 bridgehead atoms. The van der Waals surface area contributed by atoms with Gasteiger partial charge >= 0.3 is 5.63 Å². The van der Waals surface area contributed by atoms with Crippen LogP contribution in [0, 0.1) is 12.8 Å². The molecule has 1 aromatic heterocycles. The Kier molecular flexibility index (Phi) is 5.21. The summed E-state index contributed by atoms with van der Waals surface area (Å²) in [5.41, 5.74) is 1.04. The van der Waals surface area contributed by atoms with Crippen LogP contribution in [0.15, 0.2) is 33.5 Å². The van der Waals surface area contributed by atoms with E-state index in [1.54, 1.807) is 6.07 Å². The molecular weight excluding hydrogens is 306 g/mol. The number of rotatable bonds is 5. The third-order valence-electron chi connectivity index (χ3n) is 4.75. The number of aryl methyl sites for hydroxylation is 1. The molecule has 130 valence electrons. The predicted octanol–water partition coefficient (Wildman–Crippen LogP) is 1.16. The van der Waals surface area contributed by atoms with Crippen LogP contribution in [-0.2, 0) is 0 Å². The van der Waals surface area contributed by atoms with E-state index in [1.807, 2.05) is 19.1 Å². The number of nitrogens with one attached hydrogen (secondary N) is 1. The van der Waals surface area contributed by atoms with E-state index in [2.05, 4.69) is 6.92 Å². The molecule has 1 aromatic carbocycles. The first kappa shape index (κ1) is 17.0. The zero-order chi connectivity index (χ0) is 17.1. The summed E-state index contributed by atoms with van der Waals surface area (Å²) in [5, 5.41) is 11.1. The zero-order valence-corrected chi connectivity index (χ0v) is 14.4. The molecule has 3 atom stereocenters. The van der Waals surface area contributed by atoms with Gasteiger partial charge in [0, 0.05) is 23.4 Å². The fraction of sp³-hybridized carbons (Fsp3) is 0.526. The van der Waals surface area contributed by atoms with Gasteiger partial charge in [0.15, 0.2) is 0 Å². The number of hydrogen-bond acceptors (Lipinski definition) is 4. The van der Waals surface area contributed by atoms with Gasteiger partial charge in [0.1, 0.15) is 30.6 Å². The summed E-state index contributed by atoms with van der Waals surface area (Å²) in [6, 6.07) is 6.92. The molecule has 0 aliphatic carbocycles. The van der Waals surface area contributed by atoms with Crippen molar-refractivity contribution >= 4 is 11.0 Å². The number of quaternary nitrogens is 1. The lowest BCUT2D eigenvalue weighted by atomic mass is 10.0. The van der Waals surface area contributed by atoms with Gasteiger partial charge in [-0.15, -0.1) is 0 Å². The molecule has 0 spiro atoms. The summed E-state index contributed by atoms with van der Waals surface area (Å²) in [4.78, 5) is 12.9. The molecule has 5 heteroatoms. The summed E-state index contributed by atoms with van der Waals surface area (Å²) in [6.07, 6.45) is 2.02. The highest BCUT2D eigenvalue weighted by Crippen LogP contribution is 2.22. The molecule has 3 unspecified atom stereocenters. The quantitative estimate of drug-likeness (QED) is 0.807. The third kappa shape index (κ3) is 4.16. The zero-order valence-electron chi connectivity index (χ0n) is 14.4. The van der Waals surface area contributed by atoms with Crippen molar-refractivity contribution in [2.45, 2.75) is 32.8 Å². The average molecular weight is 332 g/mol. The van der Waals surface area contributed by atoms with Gasteiger partial charge in [0.25, 0.3) is 0 Å². The van der Waals surface area contributed by atoms with E-state index in [0.717, 1.165) is 30.0 Å². The summed E-state index contributed by atoms with van der Waals surface area (Å²) in [5.74, 6) is 1.34. The Bertz CT molecular complexity index is 755. The molecule has 1 fully saturated rings. The van der Waals surface area contributed by atoms with E-state index in [1.165, 1.54) is 23.8 Å². The highest BCUT2D eigenvalue weighted by molar-refractivity contribution is 5.81. The molecular formula is C19H26NO4+. The average Bonchev–Trinajstić information content (AvgIpc) is 2.52. The molecule has 2 aromatic rings. The number of benzene rings is 1. The lowest BCUT2D eigenvalue weighted by molar-refractivity contribution is -0.911. The SMILES string of the molecule is Cc1cc(=O)oc2cc(OCC(O)C[NH+]3CCCC(C)C3)ccc12. The fourth-order valence-electron chi connectivity index (χ4n) is 3.56. The van der Waals surface area contributed by atoms with Gasteiger partial charge < -0.3 is 19.2 Å².